The van der Waals surface area contributed by atoms with Gasteiger partial charge in [0.15, 0.2) is 18.0 Å². The Kier molecular flexibility index (Phi) is 5.03. The fourth-order valence-corrected chi connectivity index (χ4v) is 4.09. The summed E-state index contributed by atoms with van der Waals surface area (Å²) in [6, 6.07) is 12.5. The van der Waals surface area contributed by atoms with E-state index in [1.54, 1.807) is 0 Å². The van der Waals surface area contributed by atoms with Gasteiger partial charge in [0.05, 0.1) is 6.54 Å². The van der Waals surface area contributed by atoms with E-state index in [4.69, 9.17) is 9.47 Å². The van der Waals surface area contributed by atoms with E-state index in [0.29, 0.717) is 25.8 Å². The lowest BCUT2D eigenvalue weighted by molar-refractivity contribution is -0.910. The molecule has 2 aliphatic rings. The quantitative estimate of drug-likeness (QED) is 0.873. The van der Waals surface area contributed by atoms with Gasteiger partial charge in [-0.25, -0.2) is 0 Å². The van der Waals surface area contributed by atoms with Crippen LogP contribution in [0.2, 0.25) is 0 Å². The van der Waals surface area contributed by atoms with Crippen LogP contribution in [0.3, 0.4) is 0 Å². The third-order valence-electron chi connectivity index (χ3n) is 5.72. The lowest BCUT2D eigenvalue weighted by Crippen LogP contribution is -3.11. The number of rotatable bonds is 4. The summed E-state index contributed by atoms with van der Waals surface area (Å²) in [6.07, 6.45) is 2.22. The summed E-state index contributed by atoms with van der Waals surface area (Å²) in [5, 5.41) is 3.10. The van der Waals surface area contributed by atoms with Gasteiger partial charge in [0, 0.05) is 24.1 Å². The molecule has 1 saturated heterocycles. The minimum Gasteiger partial charge on any atom is -0.486 e. The average Bonchev–Trinajstić information content (AvgIpc) is 3.13. The molecule has 4 rings (SSSR count). The van der Waals surface area contributed by atoms with Gasteiger partial charge in [0.1, 0.15) is 19.3 Å². The maximum atomic E-state index is 12.7. The van der Waals surface area contributed by atoms with Gasteiger partial charge in [0.2, 0.25) is 0 Å². The summed E-state index contributed by atoms with van der Waals surface area (Å²) in [5.74, 6) is 1.71. The van der Waals surface area contributed by atoms with Crippen LogP contribution in [0.15, 0.2) is 36.4 Å². The summed E-state index contributed by atoms with van der Waals surface area (Å²) in [5.41, 5.74) is 4.46. The molecule has 1 unspecified atom stereocenters. The van der Waals surface area contributed by atoms with Crippen molar-refractivity contribution in [1.82, 2.24) is 0 Å². The maximum Gasteiger partial charge on any atom is 0.279 e. The number of fused-ring (bicyclic) bond motifs is 1. The number of hydrogen-bond acceptors (Lipinski definition) is 3. The molecule has 2 heterocycles. The number of benzene rings is 2. The van der Waals surface area contributed by atoms with Gasteiger partial charge in [-0.15, -0.1) is 0 Å². The smallest absolute Gasteiger partial charge is 0.279 e. The SMILES string of the molecule is Cc1cccc(NC(=O)C[NH+]2CCC[C@H]2c2ccc3c(c2)OCCO3)c1C. The lowest BCUT2D eigenvalue weighted by atomic mass is 10.0. The van der Waals surface area contributed by atoms with Crippen molar-refractivity contribution < 1.29 is 19.2 Å². The molecule has 2 aromatic carbocycles. The van der Waals surface area contributed by atoms with Crippen molar-refractivity contribution in [3.05, 3.63) is 53.1 Å². The zero-order chi connectivity index (χ0) is 18.8. The third-order valence-corrected chi connectivity index (χ3v) is 5.72. The number of amides is 1. The molecule has 0 spiro atoms. The molecule has 0 bridgehead atoms. The minimum absolute atomic E-state index is 0.0724. The van der Waals surface area contributed by atoms with Crippen molar-refractivity contribution in [2.45, 2.75) is 32.7 Å². The number of ether oxygens (including phenoxy) is 2. The van der Waals surface area contributed by atoms with Crippen LogP contribution in [0.25, 0.3) is 0 Å². The zero-order valence-electron chi connectivity index (χ0n) is 16.0. The van der Waals surface area contributed by atoms with Crippen LogP contribution in [-0.4, -0.2) is 32.2 Å². The van der Waals surface area contributed by atoms with Crippen LogP contribution in [0.5, 0.6) is 11.5 Å². The second-order valence-corrected chi connectivity index (χ2v) is 7.48. The van der Waals surface area contributed by atoms with Gasteiger partial charge in [-0.1, -0.05) is 12.1 Å². The highest BCUT2D eigenvalue weighted by molar-refractivity contribution is 5.92. The molecule has 2 aliphatic heterocycles. The van der Waals surface area contributed by atoms with Crippen LogP contribution in [0.1, 0.15) is 35.6 Å². The molecule has 2 atom stereocenters. The zero-order valence-corrected chi connectivity index (χ0v) is 16.0. The van der Waals surface area contributed by atoms with Crippen molar-refractivity contribution in [1.29, 1.82) is 0 Å². The van der Waals surface area contributed by atoms with Crippen molar-refractivity contribution in [3.8, 4) is 11.5 Å². The summed E-state index contributed by atoms with van der Waals surface area (Å²) in [4.78, 5) is 14.0. The van der Waals surface area contributed by atoms with E-state index >= 15 is 0 Å². The highest BCUT2D eigenvalue weighted by Gasteiger charge is 2.32. The number of anilines is 1. The van der Waals surface area contributed by atoms with E-state index in [0.717, 1.165) is 42.1 Å². The molecule has 1 fully saturated rings. The first-order valence-corrected chi connectivity index (χ1v) is 9.72. The van der Waals surface area contributed by atoms with Crippen LogP contribution >= 0.6 is 0 Å². The first-order chi connectivity index (χ1) is 13.1. The normalized spacial score (nSPS) is 21.1. The number of likely N-dealkylation sites (tertiary alicyclic amines) is 1. The van der Waals surface area contributed by atoms with E-state index in [9.17, 15) is 4.79 Å². The summed E-state index contributed by atoms with van der Waals surface area (Å²) < 4.78 is 11.4. The summed E-state index contributed by atoms with van der Waals surface area (Å²) >= 11 is 0. The molecule has 0 aromatic heterocycles. The maximum absolute atomic E-state index is 12.7. The number of hydrogen-bond donors (Lipinski definition) is 2. The average molecular weight is 367 g/mol. The number of carbonyl (C=O) groups excluding carboxylic acids is 1. The number of carbonyl (C=O) groups is 1. The number of aryl methyl sites for hydroxylation is 1. The van der Waals surface area contributed by atoms with Gasteiger partial charge in [-0.2, -0.15) is 0 Å². The minimum atomic E-state index is 0.0724. The monoisotopic (exact) mass is 367 g/mol. The first-order valence-electron chi connectivity index (χ1n) is 9.72. The largest absolute Gasteiger partial charge is 0.486 e. The molecule has 0 aliphatic carbocycles. The molecular weight excluding hydrogens is 340 g/mol. The molecule has 0 radical (unpaired) electrons. The number of nitrogens with one attached hydrogen (secondary N) is 2. The Labute approximate surface area is 160 Å². The Morgan fingerprint density at radius 2 is 1.96 bits per heavy atom. The van der Waals surface area contributed by atoms with Gasteiger partial charge in [-0.05, 0) is 49.2 Å². The van der Waals surface area contributed by atoms with Crippen molar-refractivity contribution in [3.63, 3.8) is 0 Å². The van der Waals surface area contributed by atoms with E-state index in [1.165, 1.54) is 16.0 Å². The summed E-state index contributed by atoms with van der Waals surface area (Å²) in [6.45, 7) is 6.80. The van der Waals surface area contributed by atoms with Gasteiger partial charge in [-0.3, -0.25) is 4.79 Å². The molecule has 27 heavy (non-hydrogen) atoms. The highest BCUT2D eigenvalue weighted by Crippen LogP contribution is 2.33. The van der Waals surface area contributed by atoms with Gasteiger partial charge >= 0.3 is 0 Å². The second kappa shape index (κ2) is 7.61. The van der Waals surface area contributed by atoms with Crippen LogP contribution in [0.4, 0.5) is 5.69 Å². The van der Waals surface area contributed by atoms with Crippen molar-refractivity contribution in [2.75, 3.05) is 31.6 Å². The first kappa shape index (κ1) is 17.9. The highest BCUT2D eigenvalue weighted by atomic mass is 16.6. The number of quaternary nitrogens is 1. The molecule has 142 valence electrons. The molecule has 2 N–H and O–H groups in total. The van der Waals surface area contributed by atoms with Crippen molar-refractivity contribution in [2.24, 2.45) is 0 Å². The van der Waals surface area contributed by atoms with E-state index in [-0.39, 0.29) is 5.91 Å². The van der Waals surface area contributed by atoms with E-state index in [1.807, 2.05) is 25.1 Å². The predicted molar refractivity (Wildman–Crippen MR) is 105 cm³/mol. The third kappa shape index (κ3) is 3.78. The standard InChI is InChI=1S/C22H26N2O3/c1-15-5-3-6-18(16(15)2)23-22(25)14-24-10-4-7-19(24)17-8-9-20-21(13-17)27-12-11-26-20/h3,5-6,8-9,13,19H,4,7,10-12,14H2,1-2H3,(H,23,25)/p+1/t19-/m0/s1. The Morgan fingerprint density at radius 1 is 1.15 bits per heavy atom. The topological polar surface area (TPSA) is 52.0 Å². The van der Waals surface area contributed by atoms with Crippen LogP contribution < -0.4 is 19.7 Å². The van der Waals surface area contributed by atoms with Crippen LogP contribution in [0, 0.1) is 13.8 Å². The predicted octanol–water partition coefficient (Wildman–Crippen LogP) is 2.43. The van der Waals surface area contributed by atoms with Gasteiger partial charge < -0.3 is 19.7 Å². The van der Waals surface area contributed by atoms with Crippen molar-refractivity contribution >= 4 is 11.6 Å². The van der Waals surface area contributed by atoms with E-state index in [2.05, 4.69) is 30.4 Å². The fraction of sp³-hybridized carbons (Fsp3) is 0.409. The molecule has 2 aromatic rings. The molecule has 5 heteroatoms. The molecule has 0 saturated carbocycles. The molecule has 5 nitrogen and oxygen atoms in total. The van der Waals surface area contributed by atoms with E-state index < -0.39 is 0 Å². The van der Waals surface area contributed by atoms with Crippen LogP contribution in [-0.2, 0) is 4.79 Å². The Balaban J connectivity index is 1.45. The Bertz CT molecular complexity index is 849. The lowest BCUT2D eigenvalue weighted by Gasteiger charge is -2.24. The Morgan fingerprint density at radius 3 is 2.81 bits per heavy atom. The Hall–Kier alpha value is -2.53. The molecule has 1 amide bonds. The van der Waals surface area contributed by atoms with Gasteiger partial charge in [0.25, 0.3) is 5.91 Å². The second-order valence-electron chi connectivity index (χ2n) is 7.48. The fourth-order valence-electron chi connectivity index (χ4n) is 4.09. The molecular formula is C22H27N2O3+. The summed E-state index contributed by atoms with van der Waals surface area (Å²) in [7, 11) is 0.